The summed E-state index contributed by atoms with van der Waals surface area (Å²) in [5.74, 6) is 0.639. The molecule has 0 aromatic rings. The Bertz CT molecular complexity index is 249. The lowest BCUT2D eigenvalue weighted by molar-refractivity contribution is -0.123. The first-order valence-corrected chi connectivity index (χ1v) is 4.56. The summed E-state index contributed by atoms with van der Waals surface area (Å²) in [5.41, 5.74) is -0.471. The molecule has 2 heteroatoms. The van der Waals surface area contributed by atoms with Crippen molar-refractivity contribution in [3.05, 3.63) is 12.2 Å². The topological polar surface area (TPSA) is 29.4 Å². The molecule has 2 nitrogen and oxygen atoms in total. The molecular weight excluding hydrogens is 150 g/mol. The number of nitrogens with zero attached hydrogens (tertiary/aromatic N) is 1. The van der Waals surface area contributed by atoms with E-state index in [0.717, 1.165) is 19.3 Å². The number of hydrogen-bond donors (Lipinski definition) is 0. The first-order valence-electron chi connectivity index (χ1n) is 4.56. The summed E-state index contributed by atoms with van der Waals surface area (Å²) < 4.78 is 0. The number of rotatable bonds is 3. The van der Waals surface area contributed by atoms with Crippen LogP contribution in [-0.4, -0.2) is 17.5 Å². The average Bonchev–Trinajstić information content (AvgIpc) is 2.83. The summed E-state index contributed by atoms with van der Waals surface area (Å²) in [7, 11) is 0. The SMILES string of the molecule is CCC1(C(=O)C2CC2)C=CC=N1. The molecule has 1 aliphatic carbocycles. The fourth-order valence-corrected chi connectivity index (χ4v) is 1.65. The van der Waals surface area contributed by atoms with Crippen molar-refractivity contribution in [1.82, 2.24) is 0 Å². The molecule has 64 valence electrons. The molecular formula is C10H13NO. The van der Waals surface area contributed by atoms with Gasteiger partial charge in [0.1, 0.15) is 5.54 Å². The Kier molecular flexibility index (Phi) is 1.63. The Morgan fingerprint density at radius 1 is 1.67 bits per heavy atom. The summed E-state index contributed by atoms with van der Waals surface area (Å²) in [5, 5.41) is 0. The molecule has 2 rings (SSSR count). The predicted octanol–water partition coefficient (Wildman–Crippen LogP) is 1.75. The second-order valence-corrected chi connectivity index (χ2v) is 3.55. The van der Waals surface area contributed by atoms with Crippen LogP contribution in [0.5, 0.6) is 0 Å². The second-order valence-electron chi connectivity index (χ2n) is 3.55. The van der Waals surface area contributed by atoms with Gasteiger partial charge >= 0.3 is 0 Å². The minimum atomic E-state index is -0.471. The number of ketones is 1. The van der Waals surface area contributed by atoms with Crippen LogP contribution in [0, 0.1) is 5.92 Å². The highest BCUT2D eigenvalue weighted by molar-refractivity contribution is 5.98. The zero-order valence-corrected chi connectivity index (χ0v) is 7.29. The Hall–Kier alpha value is -0.920. The van der Waals surface area contributed by atoms with Crippen LogP contribution < -0.4 is 0 Å². The van der Waals surface area contributed by atoms with Crippen LogP contribution in [-0.2, 0) is 4.79 Å². The third kappa shape index (κ3) is 1.02. The van der Waals surface area contributed by atoms with E-state index in [1.807, 2.05) is 19.1 Å². The van der Waals surface area contributed by atoms with E-state index in [2.05, 4.69) is 4.99 Å². The average molecular weight is 163 g/mol. The van der Waals surface area contributed by atoms with Crippen molar-refractivity contribution < 1.29 is 4.79 Å². The fourth-order valence-electron chi connectivity index (χ4n) is 1.65. The molecule has 1 fully saturated rings. The number of Topliss-reactive ketones (excluding diaryl/α,β-unsaturated/α-hetero) is 1. The molecule has 0 spiro atoms. The van der Waals surface area contributed by atoms with Crippen LogP contribution in [0.25, 0.3) is 0 Å². The summed E-state index contributed by atoms with van der Waals surface area (Å²) in [6, 6.07) is 0. The lowest BCUT2D eigenvalue weighted by Crippen LogP contribution is -2.33. The minimum absolute atomic E-state index is 0.310. The zero-order valence-electron chi connectivity index (χ0n) is 7.29. The van der Waals surface area contributed by atoms with Crippen LogP contribution >= 0.6 is 0 Å². The molecule has 0 N–H and O–H groups in total. The van der Waals surface area contributed by atoms with Crippen molar-refractivity contribution in [3.8, 4) is 0 Å². The van der Waals surface area contributed by atoms with Gasteiger partial charge in [-0.2, -0.15) is 0 Å². The number of carbonyl (C=O) groups is 1. The third-order valence-electron chi connectivity index (χ3n) is 2.68. The summed E-state index contributed by atoms with van der Waals surface area (Å²) in [6.45, 7) is 2.02. The van der Waals surface area contributed by atoms with E-state index < -0.39 is 5.54 Å². The lowest BCUT2D eigenvalue weighted by atomic mass is 9.89. The molecule has 1 unspecified atom stereocenters. The van der Waals surface area contributed by atoms with Gasteiger partial charge in [0.25, 0.3) is 0 Å². The van der Waals surface area contributed by atoms with Gasteiger partial charge < -0.3 is 0 Å². The monoisotopic (exact) mass is 163 g/mol. The number of allylic oxidation sites excluding steroid dienone is 1. The largest absolute Gasteiger partial charge is 0.296 e. The lowest BCUT2D eigenvalue weighted by Gasteiger charge is -2.20. The maximum absolute atomic E-state index is 11.8. The number of hydrogen-bond acceptors (Lipinski definition) is 2. The zero-order chi connectivity index (χ0) is 8.60. The molecule has 0 aromatic heterocycles. The molecule has 1 heterocycles. The smallest absolute Gasteiger partial charge is 0.167 e. The van der Waals surface area contributed by atoms with Crippen molar-refractivity contribution in [2.24, 2.45) is 10.9 Å². The fraction of sp³-hybridized carbons (Fsp3) is 0.600. The van der Waals surface area contributed by atoms with Gasteiger partial charge in [0, 0.05) is 12.1 Å². The van der Waals surface area contributed by atoms with Crippen LogP contribution in [0.2, 0.25) is 0 Å². The van der Waals surface area contributed by atoms with Gasteiger partial charge in [0.05, 0.1) is 0 Å². The Balaban J connectivity index is 2.21. The highest BCUT2D eigenvalue weighted by atomic mass is 16.1. The van der Waals surface area contributed by atoms with E-state index in [-0.39, 0.29) is 0 Å². The van der Waals surface area contributed by atoms with Crippen LogP contribution in [0.4, 0.5) is 0 Å². The highest BCUT2D eigenvalue weighted by Crippen LogP contribution is 2.37. The van der Waals surface area contributed by atoms with Gasteiger partial charge in [-0.15, -0.1) is 0 Å². The maximum atomic E-state index is 11.8. The third-order valence-corrected chi connectivity index (χ3v) is 2.68. The molecule has 0 aromatic carbocycles. The van der Waals surface area contributed by atoms with Gasteiger partial charge in [-0.1, -0.05) is 6.92 Å². The van der Waals surface area contributed by atoms with E-state index in [4.69, 9.17) is 0 Å². The van der Waals surface area contributed by atoms with E-state index in [1.165, 1.54) is 0 Å². The first kappa shape index (κ1) is 7.71. The normalized spacial score (nSPS) is 32.8. The molecule has 2 aliphatic rings. The molecule has 0 amide bonds. The Labute approximate surface area is 72.4 Å². The van der Waals surface area contributed by atoms with Crippen molar-refractivity contribution in [2.75, 3.05) is 0 Å². The molecule has 0 bridgehead atoms. The van der Waals surface area contributed by atoms with Crippen molar-refractivity contribution in [3.63, 3.8) is 0 Å². The maximum Gasteiger partial charge on any atom is 0.167 e. The summed E-state index contributed by atoms with van der Waals surface area (Å²) in [4.78, 5) is 16.1. The summed E-state index contributed by atoms with van der Waals surface area (Å²) in [6.07, 6.45) is 8.50. The van der Waals surface area contributed by atoms with Gasteiger partial charge in [-0.25, -0.2) is 0 Å². The number of aliphatic imine (C=N–C) groups is 1. The van der Waals surface area contributed by atoms with E-state index in [0.29, 0.717) is 11.7 Å². The minimum Gasteiger partial charge on any atom is -0.296 e. The Morgan fingerprint density at radius 2 is 2.42 bits per heavy atom. The van der Waals surface area contributed by atoms with E-state index in [9.17, 15) is 4.79 Å². The van der Waals surface area contributed by atoms with Gasteiger partial charge in [-0.05, 0) is 31.4 Å². The molecule has 0 radical (unpaired) electrons. The van der Waals surface area contributed by atoms with Crippen molar-refractivity contribution in [1.29, 1.82) is 0 Å². The summed E-state index contributed by atoms with van der Waals surface area (Å²) >= 11 is 0. The second kappa shape index (κ2) is 2.54. The Morgan fingerprint density at radius 3 is 2.83 bits per heavy atom. The van der Waals surface area contributed by atoms with E-state index >= 15 is 0 Å². The molecule has 1 saturated carbocycles. The van der Waals surface area contributed by atoms with Gasteiger partial charge in [0.15, 0.2) is 5.78 Å². The van der Waals surface area contributed by atoms with Gasteiger partial charge in [-0.3, -0.25) is 9.79 Å². The van der Waals surface area contributed by atoms with Crippen LogP contribution in [0.3, 0.4) is 0 Å². The van der Waals surface area contributed by atoms with Gasteiger partial charge in [0.2, 0.25) is 0 Å². The molecule has 1 aliphatic heterocycles. The van der Waals surface area contributed by atoms with Crippen molar-refractivity contribution >= 4 is 12.0 Å². The molecule has 12 heavy (non-hydrogen) atoms. The standard InChI is InChI=1S/C10H13NO/c1-2-10(6-3-7-11-10)9(12)8-4-5-8/h3,6-8H,2,4-5H2,1H3. The van der Waals surface area contributed by atoms with Crippen LogP contribution in [0.15, 0.2) is 17.1 Å². The number of carbonyl (C=O) groups excluding carboxylic acids is 1. The first-order chi connectivity index (χ1) is 5.78. The van der Waals surface area contributed by atoms with Crippen LogP contribution in [0.1, 0.15) is 26.2 Å². The molecule has 1 atom stereocenters. The molecule has 0 saturated heterocycles. The highest BCUT2D eigenvalue weighted by Gasteiger charge is 2.43. The van der Waals surface area contributed by atoms with Crippen molar-refractivity contribution in [2.45, 2.75) is 31.7 Å². The quantitative estimate of drug-likeness (QED) is 0.623. The predicted molar refractivity (Wildman–Crippen MR) is 48.4 cm³/mol. The van der Waals surface area contributed by atoms with E-state index in [1.54, 1.807) is 6.21 Å².